The second-order valence-electron chi connectivity index (χ2n) is 2.48. The molecule has 0 unspecified atom stereocenters. The van der Waals surface area contributed by atoms with Crippen LogP contribution in [0.3, 0.4) is 0 Å². The first-order valence-corrected chi connectivity index (χ1v) is 4.39. The third kappa shape index (κ3) is 2.68. The van der Waals surface area contributed by atoms with E-state index in [4.69, 9.17) is 38.8 Å². The number of ether oxygens (including phenoxy) is 1. The Bertz CT molecular complexity index is 392. The summed E-state index contributed by atoms with van der Waals surface area (Å²) in [5.41, 5.74) is 0.381. The molecule has 0 amide bonds. The Kier molecular flexibility index (Phi) is 3.43. The van der Waals surface area contributed by atoms with Gasteiger partial charge in [0.05, 0.1) is 10.6 Å². The summed E-state index contributed by atoms with van der Waals surface area (Å²) in [6.45, 7) is 1.43. The summed E-state index contributed by atoms with van der Waals surface area (Å²) in [6, 6.07) is 1.46. The number of rotatable bonds is 1. The monoisotopic (exact) mass is 231 g/mol. The molecule has 0 fully saturated rings. The predicted octanol–water partition coefficient (Wildman–Crippen LogP) is 2.73. The number of aromatic nitrogens is 1. The molecule has 2 N–H and O–H groups in total. The molecule has 1 aromatic rings. The molecular formula is C8H7Cl2N3O. The molecule has 0 saturated carbocycles. The van der Waals surface area contributed by atoms with Crippen LogP contribution in [0, 0.1) is 10.8 Å². The fourth-order valence-electron chi connectivity index (χ4n) is 0.757. The lowest BCUT2D eigenvalue weighted by molar-refractivity contribution is 0.532. The van der Waals surface area contributed by atoms with Crippen LogP contribution in [-0.4, -0.2) is 16.8 Å². The smallest absolute Gasteiger partial charge is 0.222 e. The van der Waals surface area contributed by atoms with Crippen molar-refractivity contribution in [2.75, 3.05) is 0 Å². The Labute approximate surface area is 90.8 Å². The molecule has 74 valence electrons. The summed E-state index contributed by atoms with van der Waals surface area (Å²) in [7, 11) is 0. The van der Waals surface area contributed by atoms with Crippen molar-refractivity contribution in [3.63, 3.8) is 0 Å². The highest BCUT2D eigenvalue weighted by atomic mass is 35.5. The molecule has 0 aliphatic heterocycles. The lowest BCUT2D eigenvalue weighted by Crippen LogP contribution is -2.09. The summed E-state index contributed by atoms with van der Waals surface area (Å²) >= 11 is 11.3. The molecule has 0 spiro atoms. The molecule has 0 atom stereocenters. The van der Waals surface area contributed by atoms with E-state index in [2.05, 4.69) is 4.98 Å². The van der Waals surface area contributed by atoms with Crippen molar-refractivity contribution in [3.05, 3.63) is 28.0 Å². The van der Waals surface area contributed by atoms with Crippen LogP contribution in [0.1, 0.15) is 12.5 Å². The minimum atomic E-state index is -0.177. The molecule has 6 heteroatoms. The molecule has 0 saturated heterocycles. The van der Waals surface area contributed by atoms with E-state index in [1.807, 2.05) is 0 Å². The molecule has 1 rings (SSSR count). The highest BCUT2D eigenvalue weighted by Gasteiger charge is 2.07. The van der Waals surface area contributed by atoms with E-state index in [0.29, 0.717) is 5.56 Å². The van der Waals surface area contributed by atoms with Crippen LogP contribution in [0.4, 0.5) is 0 Å². The summed E-state index contributed by atoms with van der Waals surface area (Å²) < 4.78 is 4.76. The van der Waals surface area contributed by atoms with Gasteiger partial charge in [0.1, 0.15) is 5.15 Å². The average molecular weight is 232 g/mol. The zero-order chi connectivity index (χ0) is 10.7. The molecule has 0 aliphatic carbocycles. The van der Waals surface area contributed by atoms with Crippen LogP contribution >= 0.6 is 23.2 Å². The van der Waals surface area contributed by atoms with Crippen LogP contribution in [0.2, 0.25) is 10.2 Å². The molecule has 1 aromatic heterocycles. The highest BCUT2D eigenvalue weighted by Crippen LogP contribution is 2.19. The fourth-order valence-corrected chi connectivity index (χ4v) is 1.03. The quantitative estimate of drug-likeness (QED) is 0.444. The Balaban J connectivity index is 2.91. The van der Waals surface area contributed by atoms with E-state index in [0.717, 1.165) is 0 Å². The van der Waals surface area contributed by atoms with Gasteiger partial charge in [-0.2, -0.15) is 0 Å². The Morgan fingerprint density at radius 3 is 2.57 bits per heavy atom. The minimum absolute atomic E-state index is 0.0685. The van der Waals surface area contributed by atoms with Crippen LogP contribution in [0.5, 0.6) is 0 Å². The SMILES string of the molecule is CC(=N)OC(=N)c1cnc(Cl)c(Cl)c1. The number of pyridine rings is 1. The van der Waals surface area contributed by atoms with E-state index in [9.17, 15) is 0 Å². The minimum Gasteiger partial charge on any atom is -0.425 e. The van der Waals surface area contributed by atoms with Gasteiger partial charge in [0.25, 0.3) is 0 Å². The molecule has 0 bridgehead atoms. The van der Waals surface area contributed by atoms with Crippen LogP contribution < -0.4 is 0 Å². The van der Waals surface area contributed by atoms with Crippen molar-refractivity contribution < 1.29 is 4.74 Å². The van der Waals surface area contributed by atoms with Crippen molar-refractivity contribution in [2.45, 2.75) is 6.92 Å². The van der Waals surface area contributed by atoms with E-state index in [1.54, 1.807) is 0 Å². The van der Waals surface area contributed by atoms with E-state index < -0.39 is 0 Å². The van der Waals surface area contributed by atoms with Gasteiger partial charge in [0.2, 0.25) is 5.90 Å². The lowest BCUT2D eigenvalue weighted by atomic mass is 10.3. The van der Waals surface area contributed by atoms with Gasteiger partial charge in [-0.1, -0.05) is 23.2 Å². The van der Waals surface area contributed by atoms with Crippen molar-refractivity contribution >= 4 is 35.0 Å². The van der Waals surface area contributed by atoms with Crippen molar-refractivity contribution in [2.24, 2.45) is 0 Å². The predicted molar refractivity (Wildman–Crippen MR) is 55.6 cm³/mol. The second kappa shape index (κ2) is 4.39. The second-order valence-corrected chi connectivity index (χ2v) is 3.25. The normalized spacial score (nSPS) is 9.64. The molecular weight excluding hydrogens is 225 g/mol. The third-order valence-electron chi connectivity index (χ3n) is 1.31. The van der Waals surface area contributed by atoms with Gasteiger partial charge in [-0.25, -0.2) is 4.98 Å². The summed E-state index contributed by atoms with van der Waals surface area (Å²) in [5, 5.41) is 14.9. The van der Waals surface area contributed by atoms with Gasteiger partial charge in [0.15, 0.2) is 5.90 Å². The molecule has 14 heavy (non-hydrogen) atoms. The standard InChI is InChI=1S/C8H7Cl2N3O/c1-4(11)14-8(12)5-2-6(9)7(10)13-3-5/h2-3,11-12H,1H3. The van der Waals surface area contributed by atoms with Gasteiger partial charge in [-0.3, -0.25) is 10.8 Å². The molecule has 0 radical (unpaired) electrons. The maximum absolute atomic E-state index is 7.42. The summed E-state index contributed by atoms with van der Waals surface area (Å²) in [4.78, 5) is 3.75. The number of hydrogen-bond acceptors (Lipinski definition) is 4. The van der Waals surface area contributed by atoms with Crippen molar-refractivity contribution in [3.8, 4) is 0 Å². The van der Waals surface area contributed by atoms with Gasteiger partial charge in [-0.15, -0.1) is 0 Å². The van der Waals surface area contributed by atoms with Crippen molar-refractivity contribution in [1.82, 2.24) is 4.98 Å². The molecule has 4 nitrogen and oxygen atoms in total. The first-order chi connectivity index (χ1) is 6.50. The number of halogens is 2. The molecule has 0 aromatic carbocycles. The first kappa shape index (κ1) is 10.9. The Hall–Kier alpha value is -1.13. The van der Waals surface area contributed by atoms with E-state index >= 15 is 0 Å². The van der Waals surface area contributed by atoms with Crippen LogP contribution in [0.15, 0.2) is 12.3 Å². The fraction of sp³-hybridized carbons (Fsp3) is 0.125. The number of nitrogens with zero attached hydrogens (tertiary/aromatic N) is 1. The Morgan fingerprint density at radius 2 is 2.07 bits per heavy atom. The largest absolute Gasteiger partial charge is 0.425 e. The van der Waals surface area contributed by atoms with Crippen LogP contribution in [-0.2, 0) is 4.74 Å². The van der Waals surface area contributed by atoms with Gasteiger partial charge < -0.3 is 4.74 Å². The number of hydrogen-bond donors (Lipinski definition) is 2. The van der Waals surface area contributed by atoms with E-state index in [1.165, 1.54) is 19.2 Å². The van der Waals surface area contributed by atoms with Crippen LogP contribution in [0.25, 0.3) is 0 Å². The number of nitrogens with one attached hydrogen (secondary N) is 2. The summed E-state index contributed by atoms with van der Waals surface area (Å²) in [5.74, 6) is -0.246. The molecule has 1 heterocycles. The summed E-state index contributed by atoms with van der Waals surface area (Å²) in [6.07, 6.45) is 1.36. The van der Waals surface area contributed by atoms with Gasteiger partial charge in [-0.05, 0) is 6.07 Å². The maximum Gasteiger partial charge on any atom is 0.222 e. The molecule has 0 aliphatic rings. The van der Waals surface area contributed by atoms with E-state index in [-0.39, 0.29) is 22.0 Å². The first-order valence-electron chi connectivity index (χ1n) is 3.63. The zero-order valence-corrected chi connectivity index (χ0v) is 8.78. The zero-order valence-electron chi connectivity index (χ0n) is 7.27. The third-order valence-corrected chi connectivity index (χ3v) is 2.00. The average Bonchev–Trinajstić information content (AvgIpc) is 2.08. The highest BCUT2D eigenvalue weighted by molar-refractivity contribution is 6.41. The lowest BCUT2D eigenvalue weighted by Gasteiger charge is -2.04. The van der Waals surface area contributed by atoms with Gasteiger partial charge in [0, 0.05) is 13.1 Å². The van der Waals surface area contributed by atoms with Gasteiger partial charge >= 0.3 is 0 Å². The maximum atomic E-state index is 7.42. The Morgan fingerprint density at radius 1 is 1.43 bits per heavy atom. The topological polar surface area (TPSA) is 69.8 Å². The van der Waals surface area contributed by atoms with Crippen molar-refractivity contribution in [1.29, 1.82) is 10.8 Å².